The number of nitrogens with zero attached hydrogens (tertiary/aromatic N) is 3. The van der Waals surface area contributed by atoms with Gasteiger partial charge in [-0.1, -0.05) is 15.9 Å². The molecule has 3 rings (SSSR count). The van der Waals surface area contributed by atoms with Gasteiger partial charge in [-0.2, -0.15) is 0 Å². The first kappa shape index (κ1) is 13.4. The first-order chi connectivity index (χ1) is 9.44. The SMILES string of the molecule is CN1CCC2(CC2)N(c2ccc(Br)cc2[N+](=O)[O-])C1=O. The fourth-order valence-corrected chi connectivity index (χ4v) is 3.11. The van der Waals surface area contributed by atoms with Crippen LogP contribution in [0, 0.1) is 10.1 Å². The van der Waals surface area contributed by atoms with E-state index in [1.165, 1.54) is 6.07 Å². The Hall–Kier alpha value is -1.63. The first-order valence-electron chi connectivity index (χ1n) is 6.44. The van der Waals surface area contributed by atoms with E-state index in [0.29, 0.717) is 16.7 Å². The van der Waals surface area contributed by atoms with Crippen molar-refractivity contribution in [3.63, 3.8) is 0 Å². The van der Waals surface area contributed by atoms with E-state index in [4.69, 9.17) is 0 Å². The smallest absolute Gasteiger partial charge is 0.324 e. The maximum absolute atomic E-state index is 12.5. The molecule has 20 heavy (non-hydrogen) atoms. The molecule has 2 aliphatic rings. The van der Waals surface area contributed by atoms with Gasteiger partial charge in [0.15, 0.2) is 0 Å². The van der Waals surface area contributed by atoms with Gasteiger partial charge in [-0.05, 0) is 31.4 Å². The summed E-state index contributed by atoms with van der Waals surface area (Å²) in [5.41, 5.74) is 0.156. The van der Waals surface area contributed by atoms with Crippen LogP contribution in [-0.2, 0) is 0 Å². The molecule has 1 aromatic rings. The Kier molecular flexibility index (Phi) is 2.97. The van der Waals surface area contributed by atoms with Gasteiger partial charge in [0, 0.05) is 24.1 Å². The van der Waals surface area contributed by atoms with E-state index in [1.54, 1.807) is 29.0 Å². The van der Waals surface area contributed by atoms with Crippen molar-refractivity contribution in [2.75, 3.05) is 18.5 Å². The topological polar surface area (TPSA) is 66.7 Å². The van der Waals surface area contributed by atoms with Crippen LogP contribution in [0.4, 0.5) is 16.2 Å². The first-order valence-corrected chi connectivity index (χ1v) is 7.23. The van der Waals surface area contributed by atoms with E-state index in [2.05, 4.69) is 15.9 Å². The van der Waals surface area contributed by atoms with Gasteiger partial charge in [-0.3, -0.25) is 15.0 Å². The number of carbonyl (C=O) groups excluding carboxylic acids is 1. The summed E-state index contributed by atoms with van der Waals surface area (Å²) in [5, 5.41) is 11.3. The van der Waals surface area contributed by atoms with E-state index in [9.17, 15) is 14.9 Å². The zero-order valence-electron chi connectivity index (χ0n) is 11.0. The Balaban J connectivity index is 2.11. The van der Waals surface area contributed by atoms with Gasteiger partial charge < -0.3 is 4.90 Å². The van der Waals surface area contributed by atoms with Crippen LogP contribution < -0.4 is 4.90 Å². The maximum Gasteiger partial charge on any atom is 0.324 e. The van der Waals surface area contributed by atoms with Gasteiger partial charge in [0.2, 0.25) is 0 Å². The lowest BCUT2D eigenvalue weighted by Crippen LogP contribution is -2.55. The average molecular weight is 340 g/mol. The van der Waals surface area contributed by atoms with Crippen LogP contribution in [-0.4, -0.2) is 35.0 Å². The van der Waals surface area contributed by atoms with Gasteiger partial charge in [0.05, 0.1) is 10.5 Å². The predicted molar refractivity (Wildman–Crippen MR) is 77.9 cm³/mol. The van der Waals surface area contributed by atoms with Crippen LogP contribution in [0.2, 0.25) is 0 Å². The normalized spacial score (nSPS) is 20.4. The quantitative estimate of drug-likeness (QED) is 0.614. The number of nitro groups is 1. The minimum absolute atomic E-state index is 0.0331. The number of carbonyl (C=O) groups is 1. The molecule has 1 saturated carbocycles. The summed E-state index contributed by atoms with van der Waals surface area (Å²) < 4.78 is 0.635. The second-order valence-electron chi connectivity index (χ2n) is 5.40. The predicted octanol–water partition coefficient (Wildman–Crippen LogP) is 3.15. The number of nitro benzene ring substituents is 1. The number of urea groups is 1. The summed E-state index contributed by atoms with van der Waals surface area (Å²) in [7, 11) is 1.73. The van der Waals surface area contributed by atoms with Gasteiger partial charge in [-0.15, -0.1) is 0 Å². The Morgan fingerprint density at radius 1 is 1.35 bits per heavy atom. The second-order valence-corrected chi connectivity index (χ2v) is 6.32. The molecule has 1 aliphatic carbocycles. The molecular formula is C13H14BrN3O3. The molecule has 0 radical (unpaired) electrons. The highest BCUT2D eigenvalue weighted by atomic mass is 79.9. The van der Waals surface area contributed by atoms with Crippen molar-refractivity contribution in [3.8, 4) is 0 Å². The number of anilines is 1. The summed E-state index contributed by atoms with van der Waals surface area (Å²) in [6.07, 6.45) is 2.70. The molecule has 7 heteroatoms. The summed E-state index contributed by atoms with van der Waals surface area (Å²) in [6, 6.07) is 4.69. The van der Waals surface area contributed by atoms with Crippen molar-refractivity contribution in [2.24, 2.45) is 0 Å². The van der Waals surface area contributed by atoms with Crippen LogP contribution in [0.5, 0.6) is 0 Å². The summed E-state index contributed by atoms with van der Waals surface area (Å²) in [4.78, 5) is 26.5. The highest BCUT2D eigenvalue weighted by Crippen LogP contribution is 2.51. The second kappa shape index (κ2) is 4.44. The molecule has 1 spiro atoms. The average Bonchev–Trinajstić information content (AvgIpc) is 3.17. The molecule has 1 heterocycles. The van der Waals surface area contributed by atoms with Crippen LogP contribution >= 0.6 is 15.9 Å². The van der Waals surface area contributed by atoms with Crippen molar-refractivity contribution in [1.29, 1.82) is 0 Å². The van der Waals surface area contributed by atoms with Crippen LogP contribution in [0.15, 0.2) is 22.7 Å². The minimum Gasteiger partial charge on any atom is -0.327 e. The third kappa shape index (κ3) is 1.96. The summed E-state index contributed by atoms with van der Waals surface area (Å²) in [5.74, 6) is 0. The Morgan fingerprint density at radius 2 is 2.05 bits per heavy atom. The molecular weight excluding hydrogens is 326 g/mol. The van der Waals surface area contributed by atoms with E-state index < -0.39 is 4.92 Å². The van der Waals surface area contributed by atoms with Crippen LogP contribution in [0.25, 0.3) is 0 Å². The van der Waals surface area contributed by atoms with Crippen LogP contribution in [0.1, 0.15) is 19.3 Å². The number of hydrogen-bond donors (Lipinski definition) is 0. The van der Waals surface area contributed by atoms with Gasteiger partial charge in [0.1, 0.15) is 5.69 Å². The third-order valence-corrected chi connectivity index (χ3v) is 4.60. The fraction of sp³-hybridized carbons (Fsp3) is 0.462. The lowest BCUT2D eigenvalue weighted by molar-refractivity contribution is -0.384. The van der Waals surface area contributed by atoms with E-state index >= 15 is 0 Å². The highest BCUT2D eigenvalue weighted by molar-refractivity contribution is 9.10. The number of benzene rings is 1. The Labute approximate surface area is 124 Å². The van der Waals surface area contributed by atoms with Gasteiger partial charge in [0.25, 0.3) is 5.69 Å². The molecule has 2 amide bonds. The number of halogens is 1. The van der Waals surface area contributed by atoms with Crippen LogP contribution in [0.3, 0.4) is 0 Å². The number of rotatable bonds is 2. The standard InChI is InChI=1S/C13H14BrN3O3/c1-15-7-6-13(4-5-13)16(12(15)18)10-3-2-9(14)8-11(10)17(19)20/h2-3,8H,4-7H2,1H3. The maximum atomic E-state index is 12.5. The zero-order chi connectivity index (χ0) is 14.5. The summed E-state index contributed by atoms with van der Waals surface area (Å²) in [6.45, 7) is 0.708. The van der Waals surface area contributed by atoms with Crippen molar-refractivity contribution in [2.45, 2.75) is 24.8 Å². The molecule has 0 atom stereocenters. The molecule has 0 bridgehead atoms. The van der Waals surface area contributed by atoms with Crippen molar-refractivity contribution < 1.29 is 9.72 Å². The van der Waals surface area contributed by atoms with E-state index in [-0.39, 0.29) is 17.3 Å². The molecule has 106 valence electrons. The lowest BCUT2D eigenvalue weighted by atomic mass is 10.1. The van der Waals surface area contributed by atoms with E-state index in [1.807, 2.05) is 0 Å². The monoisotopic (exact) mass is 339 g/mol. The molecule has 0 unspecified atom stereocenters. The number of amides is 2. The summed E-state index contributed by atoms with van der Waals surface area (Å²) >= 11 is 3.24. The third-order valence-electron chi connectivity index (χ3n) is 4.11. The van der Waals surface area contributed by atoms with Crippen molar-refractivity contribution >= 4 is 33.3 Å². The molecule has 0 aromatic heterocycles. The van der Waals surface area contributed by atoms with Gasteiger partial charge >= 0.3 is 6.03 Å². The Bertz CT molecular complexity index is 601. The fourth-order valence-electron chi connectivity index (χ4n) is 2.77. The highest BCUT2D eigenvalue weighted by Gasteiger charge is 2.55. The Morgan fingerprint density at radius 3 is 2.65 bits per heavy atom. The largest absolute Gasteiger partial charge is 0.327 e. The van der Waals surface area contributed by atoms with Crippen molar-refractivity contribution in [1.82, 2.24) is 4.90 Å². The van der Waals surface area contributed by atoms with Gasteiger partial charge in [-0.25, -0.2) is 4.79 Å². The molecule has 1 saturated heterocycles. The zero-order valence-corrected chi connectivity index (χ0v) is 12.6. The molecule has 1 aliphatic heterocycles. The number of hydrogen-bond acceptors (Lipinski definition) is 3. The molecule has 2 fully saturated rings. The molecule has 0 N–H and O–H groups in total. The van der Waals surface area contributed by atoms with E-state index in [0.717, 1.165) is 19.3 Å². The molecule has 1 aromatic carbocycles. The van der Waals surface area contributed by atoms with Crippen molar-refractivity contribution in [3.05, 3.63) is 32.8 Å². The molecule has 6 nitrogen and oxygen atoms in total. The lowest BCUT2D eigenvalue weighted by Gasteiger charge is -2.40. The minimum atomic E-state index is -0.432.